The van der Waals surface area contributed by atoms with Crippen LogP contribution in [-0.4, -0.2) is 92.5 Å². The molecule has 0 aromatic heterocycles. The smallest absolute Gasteiger partial charge is 0.496 e. The van der Waals surface area contributed by atoms with Gasteiger partial charge in [0.2, 0.25) is 0 Å². The number of carboxylic acids is 1. The number of carbonyl (C=O) groups is 2. The largest absolute Gasteiger partial charge is 1.00 e. The van der Waals surface area contributed by atoms with Crippen LogP contribution in [0.25, 0.3) is 93.2 Å². The number of nitrogens with one attached hydrogen (secondary N) is 5. The quantitative estimate of drug-likeness (QED) is 0.00994. The molecule has 0 aliphatic carbocycles. The Bertz CT molecular complexity index is 6020. The van der Waals surface area contributed by atoms with Crippen molar-refractivity contribution in [3.05, 3.63) is 406 Å². The van der Waals surface area contributed by atoms with E-state index in [1.807, 2.05) is 109 Å². The number of rotatable bonds is 19. The van der Waals surface area contributed by atoms with Crippen LogP contribution >= 0.6 is 23.9 Å². The summed E-state index contributed by atoms with van der Waals surface area (Å²) in [5.74, 6) is 2.50. The summed E-state index contributed by atoms with van der Waals surface area (Å²) in [6, 6.07) is 108. The van der Waals surface area contributed by atoms with Crippen LogP contribution < -0.4 is 96.7 Å². The first-order chi connectivity index (χ1) is 62.2. The van der Waals surface area contributed by atoms with Gasteiger partial charge in [-0.05, 0) is 226 Å². The van der Waals surface area contributed by atoms with E-state index in [0.717, 1.165) is 107 Å². The molecule has 0 fully saturated rings. The van der Waals surface area contributed by atoms with Crippen LogP contribution in [0.5, 0.6) is 23.0 Å². The fourth-order valence-corrected chi connectivity index (χ4v) is 18.5. The third-order valence-corrected chi connectivity index (χ3v) is 24.4. The van der Waals surface area contributed by atoms with Crippen molar-refractivity contribution in [2.75, 3.05) is 74.7 Å². The number of hydrogen-bond acceptors (Lipinski definition) is 12. The summed E-state index contributed by atoms with van der Waals surface area (Å²) in [6.45, 7) is 18.5. The molecule has 22 heteroatoms. The fourth-order valence-electron chi connectivity index (χ4n) is 15.8. The van der Waals surface area contributed by atoms with Crippen LogP contribution in [-0.2, 0) is 0 Å². The number of ether oxygens (including phenoxy) is 4. The predicted molar refractivity (Wildman–Crippen MR) is 547 cm³/mol. The topological polar surface area (TPSA) is 285 Å². The minimum absolute atomic E-state index is 0. The molecule has 0 saturated heterocycles. The molecule has 0 bridgehead atoms. The van der Waals surface area contributed by atoms with Gasteiger partial charge < -0.3 is 67.4 Å². The van der Waals surface area contributed by atoms with Crippen LogP contribution in [0.3, 0.4) is 0 Å². The van der Waals surface area contributed by atoms with Gasteiger partial charge in [-0.2, -0.15) is 0 Å². The average molecular weight is 1840 g/mol. The third kappa shape index (κ3) is 27.6. The van der Waals surface area contributed by atoms with Gasteiger partial charge in [0.1, 0.15) is 23.0 Å². The van der Waals surface area contributed by atoms with E-state index < -0.39 is 13.9 Å². The normalized spacial score (nSPS) is 13.4. The van der Waals surface area contributed by atoms with Gasteiger partial charge in [0.05, 0.1) is 62.7 Å². The number of carboxylic acid groups (broad SMARTS) is 1. The Hall–Kier alpha value is -13.4. The van der Waals surface area contributed by atoms with Crippen LogP contribution in [0, 0.1) is 0 Å². The van der Waals surface area contributed by atoms with E-state index in [1.54, 1.807) is 58.8 Å². The number of fused-ring (bicyclic) bond motifs is 4. The Morgan fingerprint density at radius 1 is 0.389 bits per heavy atom. The maximum Gasteiger partial charge on any atom is 1.00 e. The SMILES string of the molecule is C.COc1ccccc1-c1ccc2c(c1)C(CBr)=CC(C)(C)N2.COc1ccccc1-c1ccc2c(c1)C(CN)=CC(C)(C)N2.COc1ccccc1-c1ccc2c(c1)C(CN=[N+]=[N-])=CC(C)(C)N2.COc1ccccc1-c1ccc2c(c1)C(CNC(=O)c1ccccc1)=CC(C)(C)N2.O=C(O)c1ccccc1.[N-]=[N+]=[N-].[Na+].c1ccc(P(c2ccccc2)c2ccccc2)cc1. The van der Waals surface area contributed by atoms with E-state index in [1.165, 1.54) is 54.3 Å². The van der Waals surface area contributed by atoms with Crippen LogP contribution in [0.15, 0.2) is 351 Å². The maximum atomic E-state index is 12.6. The first-order valence-electron chi connectivity index (χ1n) is 42.2. The molecular weight excluding hydrogens is 1720 g/mol. The summed E-state index contributed by atoms with van der Waals surface area (Å²) in [5, 5.41) is 34.5. The molecule has 4 aliphatic heterocycles. The number of azide groups is 1. The molecule has 4 heterocycles. The fraction of sp³-hybridized carbons (Fsp3) is 0.193. The number of anilines is 4. The van der Waals surface area contributed by atoms with Crippen molar-refractivity contribution in [3.63, 3.8) is 0 Å². The molecule has 0 saturated carbocycles. The van der Waals surface area contributed by atoms with Crippen molar-refractivity contribution in [2.45, 2.75) is 85.0 Å². The number of hydrogen-bond donors (Lipinski definition) is 7. The summed E-state index contributed by atoms with van der Waals surface area (Å²) in [7, 11) is 6.33. The second kappa shape index (κ2) is 48.3. The number of halogens is 1. The molecule has 8 N–H and O–H groups in total. The Morgan fingerprint density at radius 3 is 0.954 bits per heavy atom. The summed E-state index contributed by atoms with van der Waals surface area (Å²) in [4.78, 5) is 27.2. The van der Waals surface area contributed by atoms with Gasteiger partial charge in [-0.25, -0.2) is 4.79 Å². The molecule has 19 nitrogen and oxygen atoms in total. The minimum Gasteiger partial charge on any atom is -0.496 e. The van der Waals surface area contributed by atoms with Gasteiger partial charge in [-0.3, -0.25) is 9.71 Å². The number of allylic oxidation sites excluding steroid dienone is 1. The van der Waals surface area contributed by atoms with E-state index in [-0.39, 0.29) is 65.0 Å². The van der Waals surface area contributed by atoms with E-state index in [9.17, 15) is 9.59 Å². The summed E-state index contributed by atoms with van der Waals surface area (Å²) in [6.07, 6.45) is 8.81. The number of aromatic carboxylic acids is 1. The second-order valence-electron chi connectivity index (χ2n) is 32.8. The Balaban J connectivity index is 0.000000179. The van der Waals surface area contributed by atoms with Gasteiger partial charge in [-0.15, -0.1) is 0 Å². The zero-order valence-electron chi connectivity index (χ0n) is 75.7. The number of carbonyl (C=O) groups excluding carboxylic acids is 1. The molecule has 13 aromatic carbocycles. The van der Waals surface area contributed by atoms with Crippen molar-refractivity contribution < 1.29 is 63.2 Å². The van der Waals surface area contributed by atoms with Gasteiger partial charge in [-0.1, -0.05) is 277 Å². The number of nitrogens with two attached hydrogens (primary N) is 1. The van der Waals surface area contributed by atoms with Crippen molar-refractivity contribution in [2.24, 2.45) is 10.8 Å². The molecule has 131 heavy (non-hydrogen) atoms. The number of para-hydroxylation sites is 4. The Kier molecular flexibility index (Phi) is 37.4. The van der Waals surface area contributed by atoms with Crippen molar-refractivity contribution >= 4 is 96.7 Å². The zero-order chi connectivity index (χ0) is 92.1. The molecule has 664 valence electrons. The van der Waals surface area contributed by atoms with Crippen molar-refractivity contribution in [1.82, 2.24) is 5.32 Å². The molecule has 0 atom stereocenters. The number of methoxy groups -OCH3 is 4. The van der Waals surface area contributed by atoms with Crippen molar-refractivity contribution in [3.8, 4) is 67.5 Å². The number of nitrogens with zero attached hydrogens (tertiary/aromatic N) is 6. The molecule has 13 aromatic rings. The average Bonchev–Trinajstić information content (AvgIpc) is 0.781. The van der Waals surface area contributed by atoms with Gasteiger partial charge >= 0.3 is 35.5 Å². The first-order valence-corrected chi connectivity index (χ1v) is 44.6. The Labute approximate surface area is 802 Å². The molecule has 17 rings (SSSR count). The monoisotopic (exact) mass is 1830 g/mol. The molecular formula is C109H113BrN12NaO7P. The minimum atomic E-state index is -0.879. The van der Waals surface area contributed by atoms with Crippen LogP contribution in [0.4, 0.5) is 22.7 Å². The standard InChI is InChI=1S/C26H26N2O2.C19H20BrNO.C19H20N4O.C19H22N2O.C18H15P.C7H6O2.CH4.N3.Na/c1-26(2)16-20(17-27-25(29)18-9-5-4-6-10-18)22-15-19(13-14-23(22)28-26)21-11-7-8-12-24(21)30-3;1-19(2)11-14(12-20)16-10-13(8-9-17(16)21-19)15-6-4-5-7-18(15)22-3;1-19(2)11-14(12-21-23-20)16-10-13(8-9-17(16)22-19)15-6-4-5-7-18(15)24-3;1-19(2)11-14(12-20)16-10-13(8-9-17(16)21-19)15-6-4-5-7-18(15)22-3;1-4-10-16(11-5-1)19(17-12-6-2-7-13-17)18-14-8-3-9-15-18;8-7(9)6-4-2-1-3-5-6;;1-3-2;/h4-16,28H,17H2,1-3H3,(H,27,29);4-11,21H,12H2,1-3H3;4-11,22H,12H2,1-3H3;4-11,21H,12,20H2,1-3H3;1-15H;1-5H,(H,8,9);1H4;;/q;;;;;;;-1;+1. The molecule has 0 radical (unpaired) electrons. The van der Waals surface area contributed by atoms with Crippen LogP contribution in [0.1, 0.15) is 106 Å². The summed E-state index contributed by atoms with van der Waals surface area (Å²) < 4.78 is 22.0. The van der Waals surface area contributed by atoms with E-state index in [0.29, 0.717) is 30.8 Å². The molecule has 1 amide bonds. The summed E-state index contributed by atoms with van der Waals surface area (Å²) in [5.41, 5.74) is 51.0. The predicted octanol–water partition coefficient (Wildman–Crippen LogP) is 23.2. The van der Waals surface area contributed by atoms with Crippen LogP contribution in [0.2, 0.25) is 0 Å². The summed E-state index contributed by atoms with van der Waals surface area (Å²) >= 11 is 3.62. The van der Waals surface area contributed by atoms with Crippen molar-refractivity contribution in [1.29, 1.82) is 0 Å². The first kappa shape index (κ1) is 101. The van der Waals surface area contributed by atoms with E-state index in [4.69, 9.17) is 46.4 Å². The maximum absolute atomic E-state index is 12.6. The van der Waals surface area contributed by atoms with E-state index in [2.05, 4.69) is 314 Å². The third-order valence-electron chi connectivity index (χ3n) is 21.3. The van der Waals surface area contributed by atoms with Gasteiger partial charge in [0, 0.05) is 96.2 Å². The Morgan fingerprint density at radius 2 is 0.656 bits per heavy atom. The zero-order valence-corrected chi connectivity index (χ0v) is 80.2. The molecule has 0 spiro atoms. The molecule has 0 unspecified atom stereocenters. The second-order valence-corrected chi connectivity index (χ2v) is 35.6. The number of amides is 1. The number of alkyl halides is 1. The van der Waals surface area contributed by atoms with Gasteiger partial charge in [0.25, 0.3) is 5.91 Å². The molecule has 4 aliphatic rings. The van der Waals surface area contributed by atoms with E-state index >= 15 is 0 Å². The van der Waals surface area contributed by atoms with Gasteiger partial charge in [0.15, 0.2) is 0 Å². The number of benzene rings is 13.